The van der Waals surface area contributed by atoms with E-state index in [1.165, 1.54) is 20.4 Å². The molecule has 1 heterocycles. The minimum Gasteiger partial charge on any atom is -0.362 e. The van der Waals surface area contributed by atoms with E-state index >= 15 is 0 Å². The molecule has 0 spiro atoms. The second-order valence-electron chi connectivity index (χ2n) is 7.14. The van der Waals surface area contributed by atoms with Crippen LogP contribution >= 0.6 is 22.6 Å². The van der Waals surface area contributed by atoms with E-state index < -0.39 is 0 Å². The number of halogens is 1. The van der Waals surface area contributed by atoms with Crippen molar-refractivity contribution < 1.29 is 0 Å². The Morgan fingerprint density at radius 1 is 1.12 bits per heavy atom. The summed E-state index contributed by atoms with van der Waals surface area (Å²) in [6, 6.07) is 14.9. The van der Waals surface area contributed by atoms with Crippen LogP contribution in [0.25, 0.3) is 5.57 Å². The minimum atomic E-state index is 0.0594. The molecule has 2 nitrogen and oxygen atoms in total. The zero-order valence-corrected chi connectivity index (χ0v) is 17.5. The van der Waals surface area contributed by atoms with Gasteiger partial charge in [0.05, 0.1) is 11.2 Å². The van der Waals surface area contributed by atoms with Gasteiger partial charge in [0.2, 0.25) is 0 Å². The zero-order valence-electron chi connectivity index (χ0n) is 15.4. The summed E-state index contributed by atoms with van der Waals surface area (Å²) in [4.78, 5) is 7.12. The summed E-state index contributed by atoms with van der Waals surface area (Å²) in [7, 11) is 0. The zero-order chi connectivity index (χ0) is 18.0. The third-order valence-corrected chi connectivity index (χ3v) is 5.36. The Kier molecular flexibility index (Phi) is 5.32. The second kappa shape index (κ2) is 7.32. The lowest BCUT2D eigenvalue weighted by atomic mass is 9.88. The van der Waals surface area contributed by atoms with Gasteiger partial charge in [0.1, 0.15) is 0 Å². The van der Waals surface area contributed by atoms with Crippen LogP contribution < -0.4 is 4.90 Å². The maximum absolute atomic E-state index is 4.61. The second-order valence-corrected chi connectivity index (χ2v) is 8.39. The van der Waals surface area contributed by atoms with Crippen LogP contribution in [0, 0.1) is 3.57 Å². The molecule has 3 heteroatoms. The number of fused-ring (bicyclic) bond motifs is 1. The van der Waals surface area contributed by atoms with E-state index in [0.717, 1.165) is 24.2 Å². The number of anilines is 1. The fraction of sp³-hybridized carbons (Fsp3) is 0.318. The smallest absolute Gasteiger partial charge is 0.0630 e. The van der Waals surface area contributed by atoms with Crippen LogP contribution in [0.5, 0.6) is 0 Å². The van der Waals surface area contributed by atoms with Crippen LogP contribution in [0.4, 0.5) is 11.4 Å². The average Bonchev–Trinajstić information content (AvgIpc) is 2.58. The number of aliphatic imine (C=N–C) groups is 1. The van der Waals surface area contributed by atoms with Crippen LogP contribution in [0.15, 0.2) is 53.5 Å². The van der Waals surface area contributed by atoms with Crippen LogP contribution in [0.1, 0.15) is 45.2 Å². The van der Waals surface area contributed by atoms with E-state index in [1.54, 1.807) is 0 Å². The van der Waals surface area contributed by atoms with Crippen LogP contribution in [0.3, 0.4) is 0 Å². The summed E-state index contributed by atoms with van der Waals surface area (Å²) < 4.78 is 1.23. The van der Waals surface area contributed by atoms with E-state index in [2.05, 4.69) is 96.6 Å². The third kappa shape index (κ3) is 3.97. The van der Waals surface area contributed by atoms with Crippen molar-refractivity contribution in [2.45, 2.75) is 39.7 Å². The first-order valence-corrected chi connectivity index (χ1v) is 9.90. The SMILES string of the molecule is CCCN1c2ccc(C=Nc3ccc(I)cc3)cc2C(C)=CC1(C)C. The molecular formula is C22H25IN2. The van der Waals surface area contributed by atoms with Gasteiger partial charge in [0, 0.05) is 27.6 Å². The molecular weight excluding hydrogens is 419 g/mol. The summed E-state index contributed by atoms with van der Waals surface area (Å²) in [5, 5.41) is 0. The van der Waals surface area contributed by atoms with Gasteiger partial charge in [-0.25, -0.2) is 0 Å². The number of hydrogen-bond donors (Lipinski definition) is 0. The fourth-order valence-corrected chi connectivity index (χ4v) is 3.85. The molecule has 0 saturated heterocycles. The van der Waals surface area contributed by atoms with Crippen molar-refractivity contribution in [1.29, 1.82) is 0 Å². The van der Waals surface area contributed by atoms with Crippen molar-refractivity contribution in [2.75, 3.05) is 11.4 Å². The van der Waals surface area contributed by atoms with Crippen molar-refractivity contribution in [3.05, 3.63) is 63.2 Å². The van der Waals surface area contributed by atoms with Crippen molar-refractivity contribution in [2.24, 2.45) is 4.99 Å². The summed E-state index contributed by atoms with van der Waals surface area (Å²) in [6.07, 6.45) is 5.48. The molecule has 2 aromatic carbocycles. The summed E-state index contributed by atoms with van der Waals surface area (Å²) in [6.45, 7) is 10.1. The molecule has 130 valence electrons. The lowest BCUT2D eigenvalue weighted by Crippen LogP contribution is -2.45. The van der Waals surface area contributed by atoms with Gasteiger partial charge in [-0.05, 0) is 97.3 Å². The molecule has 3 rings (SSSR count). The normalized spacial score (nSPS) is 16.0. The molecule has 0 radical (unpaired) electrons. The van der Waals surface area contributed by atoms with Crippen molar-refractivity contribution >= 4 is 45.8 Å². The van der Waals surface area contributed by atoms with E-state index in [9.17, 15) is 0 Å². The third-order valence-electron chi connectivity index (χ3n) is 4.64. The van der Waals surface area contributed by atoms with Crippen molar-refractivity contribution in [1.82, 2.24) is 0 Å². The molecule has 0 bridgehead atoms. The van der Waals surface area contributed by atoms with Gasteiger partial charge in [-0.3, -0.25) is 4.99 Å². The lowest BCUT2D eigenvalue weighted by Gasteiger charge is -2.43. The molecule has 0 N–H and O–H groups in total. The molecule has 1 aliphatic rings. The monoisotopic (exact) mass is 444 g/mol. The maximum atomic E-state index is 4.61. The Balaban J connectivity index is 1.93. The highest BCUT2D eigenvalue weighted by Gasteiger charge is 2.30. The summed E-state index contributed by atoms with van der Waals surface area (Å²) in [5.41, 5.74) is 6.18. The van der Waals surface area contributed by atoms with Gasteiger partial charge in [-0.15, -0.1) is 0 Å². The Morgan fingerprint density at radius 3 is 2.52 bits per heavy atom. The molecule has 1 aliphatic heterocycles. The first kappa shape index (κ1) is 18.2. The van der Waals surface area contributed by atoms with E-state index in [1.807, 2.05) is 18.3 Å². The average molecular weight is 444 g/mol. The highest BCUT2D eigenvalue weighted by molar-refractivity contribution is 14.1. The van der Waals surface area contributed by atoms with Crippen LogP contribution in [-0.2, 0) is 0 Å². The highest BCUT2D eigenvalue weighted by atomic mass is 127. The quantitative estimate of drug-likeness (QED) is 0.391. The van der Waals surface area contributed by atoms with Gasteiger partial charge in [-0.2, -0.15) is 0 Å². The molecule has 0 atom stereocenters. The van der Waals surface area contributed by atoms with Gasteiger partial charge < -0.3 is 4.90 Å². The van der Waals surface area contributed by atoms with Crippen molar-refractivity contribution in [3.8, 4) is 0 Å². The highest BCUT2D eigenvalue weighted by Crippen LogP contribution is 2.39. The van der Waals surface area contributed by atoms with E-state index in [-0.39, 0.29) is 5.54 Å². The Bertz CT molecular complexity index is 816. The first-order valence-electron chi connectivity index (χ1n) is 8.82. The van der Waals surface area contributed by atoms with Gasteiger partial charge in [-0.1, -0.05) is 19.1 Å². The van der Waals surface area contributed by atoms with Gasteiger partial charge in [0.25, 0.3) is 0 Å². The summed E-state index contributed by atoms with van der Waals surface area (Å²) in [5.74, 6) is 0. The Labute approximate surface area is 164 Å². The number of rotatable bonds is 4. The number of nitrogens with zero attached hydrogens (tertiary/aromatic N) is 2. The minimum absolute atomic E-state index is 0.0594. The van der Waals surface area contributed by atoms with Crippen LogP contribution in [-0.4, -0.2) is 18.3 Å². The van der Waals surface area contributed by atoms with E-state index in [0.29, 0.717) is 0 Å². The molecule has 0 saturated carbocycles. The fourth-order valence-electron chi connectivity index (χ4n) is 3.49. The molecule has 0 unspecified atom stereocenters. The summed E-state index contributed by atoms with van der Waals surface area (Å²) >= 11 is 2.31. The van der Waals surface area contributed by atoms with Crippen LogP contribution in [0.2, 0.25) is 0 Å². The molecule has 25 heavy (non-hydrogen) atoms. The first-order chi connectivity index (χ1) is 11.9. The Hall–Kier alpha value is -1.62. The molecule has 0 aromatic heterocycles. The predicted octanol–water partition coefficient (Wildman–Crippen LogP) is 6.45. The maximum Gasteiger partial charge on any atom is 0.0630 e. The standard InChI is InChI=1S/C22H25IN2/c1-5-12-25-21-11-6-17(13-20(21)16(2)14-22(25,3)4)15-24-19-9-7-18(23)8-10-19/h6-11,13-15H,5,12H2,1-4H3. The molecule has 0 fully saturated rings. The van der Waals surface area contributed by atoms with Gasteiger partial charge >= 0.3 is 0 Å². The largest absolute Gasteiger partial charge is 0.362 e. The van der Waals surface area contributed by atoms with E-state index in [4.69, 9.17) is 0 Å². The number of benzene rings is 2. The number of allylic oxidation sites excluding steroid dienone is 1. The molecule has 0 aliphatic carbocycles. The van der Waals surface area contributed by atoms with Gasteiger partial charge in [0.15, 0.2) is 0 Å². The van der Waals surface area contributed by atoms with Crippen molar-refractivity contribution in [3.63, 3.8) is 0 Å². The number of hydrogen-bond acceptors (Lipinski definition) is 2. The predicted molar refractivity (Wildman–Crippen MR) is 118 cm³/mol. The molecule has 0 amide bonds. The topological polar surface area (TPSA) is 15.6 Å². The Morgan fingerprint density at radius 2 is 1.84 bits per heavy atom. The molecule has 2 aromatic rings. The lowest BCUT2D eigenvalue weighted by molar-refractivity contribution is 0.550.